The quantitative estimate of drug-likeness (QED) is 0.907. The first-order valence-electron chi connectivity index (χ1n) is 7.16. The molecule has 3 nitrogen and oxygen atoms in total. The molecule has 2 heterocycles. The second-order valence-corrected chi connectivity index (χ2v) is 6.30. The summed E-state index contributed by atoms with van der Waals surface area (Å²) in [6, 6.07) is 7.01. The number of ether oxygens (including phenoxy) is 2. The second-order valence-electron chi connectivity index (χ2n) is 6.30. The van der Waals surface area contributed by atoms with Gasteiger partial charge in [-0.2, -0.15) is 0 Å². The smallest absolute Gasteiger partial charge is 0.123 e. The van der Waals surface area contributed by atoms with Crippen molar-refractivity contribution in [1.29, 1.82) is 0 Å². The van der Waals surface area contributed by atoms with Crippen LogP contribution >= 0.6 is 0 Å². The minimum absolute atomic E-state index is 0.0629. The van der Waals surface area contributed by atoms with Gasteiger partial charge in [-0.15, -0.1) is 0 Å². The minimum atomic E-state index is -0.0629. The van der Waals surface area contributed by atoms with Crippen LogP contribution in [-0.4, -0.2) is 25.9 Å². The summed E-state index contributed by atoms with van der Waals surface area (Å²) in [6.45, 7) is 6.05. The Balaban J connectivity index is 1.86. The van der Waals surface area contributed by atoms with Crippen LogP contribution in [0.4, 0.5) is 0 Å². The highest BCUT2D eigenvalue weighted by Crippen LogP contribution is 2.38. The van der Waals surface area contributed by atoms with Gasteiger partial charge in [0.15, 0.2) is 0 Å². The van der Waals surface area contributed by atoms with E-state index in [1.807, 2.05) is 7.05 Å². The van der Waals surface area contributed by atoms with Gasteiger partial charge in [-0.1, -0.05) is 12.1 Å². The fourth-order valence-electron chi connectivity index (χ4n) is 3.31. The van der Waals surface area contributed by atoms with E-state index in [4.69, 9.17) is 9.47 Å². The number of fused-ring (bicyclic) bond motifs is 1. The standard InChI is InChI=1S/C16H23NO2/c1-16(2)9-13-8-11(4-5-14(13)19-16)15(17-3)12-6-7-18-10-12/h4-5,8,12,15,17H,6-7,9-10H2,1-3H3. The van der Waals surface area contributed by atoms with E-state index < -0.39 is 0 Å². The van der Waals surface area contributed by atoms with Crippen LogP contribution in [0, 0.1) is 5.92 Å². The van der Waals surface area contributed by atoms with Crippen LogP contribution in [-0.2, 0) is 11.2 Å². The third-order valence-corrected chi connectivity index (χ3v) is 4.19. The van der Waals surface area contributed by atoms with Crippen molar-refractivity contribution in [2.45, 2.75) is 38.3 Å². The molecule has 1 aromatic carbocycles. The maximum absolute atomic E-state index is 5.94. The van der Waals surface area contributed by atoms with E-state index in [9.17, 15) is 0 Å². The summed E-state index contributed by atoms with van der Waals surface area (Å²) in [4.78, 5) is 0. The summed E-state index contributed by atoms with van der Waals surface area (Å²) in [5, 5.41) is 3.45. The van der Waals surface area contributed by atoms with Crippen molar-refractivity contribution in [3.05, 3.63) is 29.3 Å². The van der Waals surface area contributed by atoms with E-state index in [0.717, 1.165) is 31.8 Å². The topological polar surface area (TPSA) is 30.5 Å². The fraction of sp³-hybridized carbons (Fsp3) is 0.625. The van der Waals surface area contributed by atoms with Crippen molar-refractivity contribution < 1.29 is 9.47 Å². The molecule has 2 atom stereocenters. The summed E-state index contributed by atoms with van der Waals surface area (Å²) >= 11 is 0. The SMILES string of the molecule is CNC(c1ccc2c(c1)CC(C)(C)O2)C1CCOC1. The van der Waals surface area contributed by atoms with E-state index in [2.05, 4.69) is 37.4 Å². The lowest BCUT2D eigenvalue weighted by Gasteiger charge is -2.22. The van der Waals surface area contributed by atoms with E-state index >= 15 is 0 Å². The highest BCUT2D eigenvalue weighted by Gasteiger charge is 2.32. The molecule has 0 aromatic heterocycles. The summed E-state index contributed by atoms with van der Waals surface area (Å²) in [7, 11) is 2.04. The number of hydrogen-bond acceptors (Lipinski definition) is 3. The molecule has 1 N–H and O–H groups in total. The van der Waals surface area contributed by atoms with Gasteiger partial charge >= 0.3 is 0 Å². The Morgan fingerprint density at radius 1 is 1.37 bits per heavy atom. The van der Waals surface area contributed by atoms with Crippen molar-refractivity contribution in [3.8, 4) is 5.75 Å². The Morgan fingerprint density at radius 2 is 2.21 bits per heavy atom. The van der Waals surface area contributed by atoms with Gasteiger partial charge in [0, 0.05) is 25.0 Å². The van der Waals surface area contributed by atoms with Crippen molar-refractivity contribution in [2.24, 2.45) is 5.92 Å². The number of benzene rings is 1. The first-order chi connectivity index (χ1) is 9.09. The lowest BCUT2D eigenvalue weighted by atomic mass is 9.90. The highest BCUT2D eigenvalue weighted by molar-refractivity contribution is 5.42. The predicted octanol–water partition coefficient (Wildman–Crippen LogP) is 2.70. The molecular weight excluding hydrogens is 238 g/mol. The van der Waals surface area contributed by atoms with Crippen molar-refractivity contribution >= 4 is 0 Å². The van der Waals surface area contributed by atoms with Gasteiger partial charge in [0.1, 0.15) is 11.4 Å². The van der Waals surface area contributed by atoms with Gasteiger partial charge in [0.25, 0.3) is 0 Å². The molecule has 3 heteroatoms. The molecule has 104 valence electrons. The Kier molecular flexibility index (Phi) is 3.27. The maximum Gasteiger partial charge on any atom is 0.123 e. The summed E-state index contributed by atoms with van der Waals surface area (Å²) < 4.78 is 11.5. The molecule has 0 spiro atoms. The molecule has 1 aromatic rings. The van der Waals surface area contributed by atoms with Crippen LogP contribution in [0.25, 0.3) is 0 Å². The molecule has 0 radical (unpaired) electrons. The normalized spacial score (nSPS) is 25.9. The lowest BCUT2D eigenvalue weighted by molar-refractivity contribution is 0.138. The second kappa shape index (κ2) is 4.80. The molecule has 3 rings (SSSR count). The van der Waals surface area contributed by atoms with Crippen LogP contribution in [0.3, 0.4) is 0 Å². The Labute approximate surface area is 115 Å². The monoisotopic (exact) mass is 261 g/mol. The molecule has 1 saturated heterocycles. The highest BCUT2D eigenvalue weighted by atomic mass is 16.5. The van der Waals surface area contributed by atoms with Gasteiger partial charge in [0.2, 0.25) is 0 Å². The van der Waals surface area contributed by atoms with Gasteiger partial charge in [-0.3, -0.25) is 0 Å². The Hall–Kier alpha value is -1.06. The van der Waals surface area contributed by atoms with Crippen molar-refractivity contribution in [1.82, 2.24) is 5.32 Å². The van der Waals surface area contributed by atoms with Gasteiger partial charge in [0.05, 0.1) is 6.61 Å². The average molecular weight is 261 g/mol. The van der Waals surface area contributed by atoms with E-state index in [-0.39, 0.29) is 5.60 Å². The molecule has 2 aliphatic heterocycles. The third kappa shape index (κ3) is 2.49. The molecule has 19 heavy (non-hydrogen) atoms. The van der Waals surface area contributed by atoms with E-state index in [0.29, 0.717) is 12.0 Å². The lowest BCUT2D eigenvalue weighted by Crippen LogP contribution is -2.25. The van der Waals surface area contributed by atoms with Gasteiger partial charge < -0.3 is 14.8 Å². The van der Waals surface area contributed by atoms with E-state index in [1.54, 1.807) is 0 Å². The molecule has 1 fully saturated rings. The first kappa shape index (κ1) is 12.9. The molecule has 0 aliphatic carbocycles. The number of rotatable bonds is 3. The number of hydrogen-bond donors (Lipinski definition) is 1. The van der Waals surface area contributed by atoms with Crippen LogP contribution in [0.1, 0.15) is 37.4 Å². The van der Waals surface area contributed by atoms with Crippen molar-refractivity contribution in [3.63, 3.8) is 0 Å². The summed E-state index contributed by atoms with van der Waals surface area (Å²) in [5.41, 5.74) is 2.63. The minimum Gasteiger partial charge on any atom is -0.487 e. The zero-order valence-electron chi connectivity index (χ0n) is 12.0. The van der Waals surface area contributed by atoms with Crippen LogP contribution < -0.4 is 10.1 Å². The Morgan fingerprint density at radius 3 is 2.89 bits per heavy atom. The molecule has 0 saturated carbocycles. The molecular formula is C16H23NO2. The zero-order valence-corrected chi connectivity index (χ0v) is 12.0. The van der Waals surface area contributed by atoms with E-state index in [1.165, 1.54) is 11.1 Å². The van der Waals surface area contributed by atoms with Crippen LogP contribution in [0.2, 0.25) is 0 Å². The number of nitrogens with one attached hydrogen (secondary N) is 1. The molecule has 0 amide bonds. The van der Waals surface area contributed by atoms with Crippen LogP contribution in [0.15, 0.2) is 18.2 Å². The average Bonchev–Trinajstić information content (AvgIpc) is 2.95. The Bertz CT molecular complexity index is 464. The summed E-state index contributed by atoms with van der Waals surface area (Å²) in [6.07, 6.45) is 2.14. The zero-order chi connectivity index (χ0) is 13.5. The molecule has 2 unspecified atom stereocenters. The fourth-order valence-corrected chi connectivity index (χ4v) is 3.31. The van der Waals surface area contributed by atoms with Crippen LogP contribution in [0.5, 0.6) is 5.75 Å². The van der Waals surface area contributed by atoms with Gasteiger partial charge in [-0.25, -0.2) is 0 Å². The predicted molar refractivity (Wildman–Crippen MR) is 75.6 cm³/mol. The summed E-state index contributed by atoms with van der Waals surface area (Å²) in [5.74, 6) is 1.63. The first-order valence-corrected chi connectivity index (χ1v) is 7.16. The van der Waals surface area contributed by atoms with Crippen molar-refractivity contribution in [2.75, 3.05) is 20.3 Å². The molecule has 2 aliphatic rings. The van der Waals surface area contributed by atoms with Gasteiger partial charge in [-0.05, 0) is 44.5 Å². The third-order valence-electron chi connectivity index (χ3n) is 4.19. The largest absolute Gasteiger partial charge is 0.487 e. The maximum atomic E-state index is 5.94. The molecule has 0 bridgehead atoms.